The summed E-state index contributed by atoms with van der Waals surface area (Å²) in [4.78, 5) is 13.6. The third-order valence-electron chi connectivity index (χ3n) is 2.52. The Morgan fingerprint density at radius 3 is 2.73 bits per heavy atom. The molecule has 1 aliphatic rings. The first-order valence-corrected chi connectivity index (χ1v) is 5.90. The first-order chi connectivity index (χ1) is 7.08. The quantitative estimate of drug-likeness (QED) is 0.729. The lowest BCUT2D eigenvalue weighted by atomic mass is 10.0. The molecule has 0 saturated carbocycles. The van der Waals surface area contributed by atoms with Crippen molar-refractivity contribution in [3.8, 4) is 0 Å². The van der Waals surface area contributed by atoms with Crippen LogP contribution in [0.3, 0.4) is 0 Å². The molecule has 1 heterocycles. The second-order valence-electron chi connectivity index (χ2n) is 3.94. The predicted molar refractivity (Wildman–Crippen MR) is 64.2 cm³/mol. The molecule has 1 aliphatic heterocycles. The number of carbonyl (C=O) groups is 1. The average molecular weight is 319 g/mol. The van der Waals surface area contributed by atoms with E-state index >= 15 is 0 Å². The van der Waals surface area contributed by atoms with E-state index in [0.29, 0.717) is 15.1 Å². The number of hydrogen-bond acceptors (Lipinski definition) is 1. The van der Waals surface area contributed by atoms with E-state index in [0.717, 1.165) is 13.1 Å². The van der Waals surface area contributed by atoms with Gasteiger partial charge in [0.25, 0.3) is 5.91 Å². The molecule has 0 aromatic heterocycles. The number of nitrogens with zero attached hydrogens (tertiary/aromatic N) is 1. The van der Waals surface area contributed by atoms with Crippen LogP contribution in [0.4, 0.5) is 4.39 Å². The van der Waals surface area contributed by atoms with E-state index in [-0.39, 0.29) is 11.7 Å². The van der Waals surface area contributed by atoms with Gasteiger partial charge in [0.15, 0.2) is 0 Å². The van der Waals surface area contributed by atoms with Crippen LogP contribution in [0.25, 0.3) is 0 Å². The summed E-state index contributed by atoms with van der Waals surface area (Å²) in [6.45, 7) is 3.73. The molecule has 0 bridgehead atoms. The molecule has 2 rings (SSSR count). The molecule has 0 spiro atoms. The van der Waals surface area contributed by atoms with Crippen LogP contribution < -0.4 is 0 Å². The largest absolute Gasteiger partial charge is 0.338 e. The first-order valence-electron chi connectivity index (χ1n) is 4.82. The van der Waals surface area contributed by atoms with Crippen LogP contribution in [0.15, 0.2) is 18.2 Å². The Morgan fingerprint density at radius 1 is 1.53 bits per heavy atom. The number of carbonyl (C=O) groups excluding carboxylic acids is 1. The van der Waals surface area contributed by atoms with E-state index in [1.807, 2.05) is 22.6 Å². The maximum Gasteiger partial charge on any atom is 0.253 e. The first kappa shape index (κ1) is 10.9. The molecule has 15 heavy (non-hydrogen) atoms. The normalized spacial score (nSPS) is 16.3. The molecule has 1 amide bonds. The molecule has 1 aromatic rings. The maximum atomic E-state index is 13.0. The molecule has 80 valence electrons. The minimum atomic E-state index is -0.274. The van der Waals surface area contributed by atoms with Crippen molar-refractivity contribution in [1.29, 1.82) is 0 Å². The Morgan fingerprint density at radius 2 is 2.20 bits per heavy atom. The van der Waals surface area contributed by atoms with Crippen molar-refractivity contribution >= 4 is 28.5 Å². The van der Waals surface area contributed by atoms with Crippen molar-refractivity contribution in [3.05, 3.63) is 33.1 Å². The van der Waals surface area contributed by atoms with Gasteiger partial charge in [0.05, 0.1) is 0 Å². The van der Waals surface area contributed by atoms with Gasteiger partial charge in [0, 0.05) is 22.2 Å². The molecular formula is C11H11FINO. The Labute approximate surface area is 102 Å². The fraction of sp³-hybridized carbons (Fsp3) is 0.364. The van der Waals surface area contributed by atoms with Crippen molar-refractivity contribution in [2.45, 2.75) is 6.92 Å². The standard InChI is InChI=1S/C11H11FINO/c1-7-5-14(6-7)11(15)8-2-3-9(12)10(13)4-8/h2-4,7H,5-6H2,1H3. The van der Waals surface area contributed by atoms with Gasteiger partial charge >= 0.3 is 0 Å². The number of amides is 1. The predicted octanol–water partition coefficient (Wildman–Crippen LogP) is 2.52. The van der Waals surface area contributed by atoms with Crippen molar-refractivity contribution in [2.75, 3.05) is 13.1 Å². The molecule has 1 fully saturated rings. The summed E-state index contributed by atoms with van der Waals surface area (Å²) in [5.74, 6) is 0.323. The van der Waals surface area contributed by atoms with Gasteiger partial charge in [-0.15, -0.1) is 0 Å². The lowest BCUT2D eigenvalue weighted by Gasteiger charge is -2.37. The van der Waals surface area contributed by atoms with E-state index < -0.39 is 0 Å². The molecule has 0 radical (unpaired) electrons. The van der Waals surface area contributed by atoms with Gasteiger partial charge in [-0.1, -0.05) is 6.92 Å². The minimum Gasteiger partial charge on any atom is -0.338 e. The van der Waals surface area contributed by atoms with E-state index in [2.05, 4.69) is 6.92 Å². The monoisotopic (exact) mass is 319 g/mol. The molecule has 2 nitrogen and oxygen atoms in total. The van der Waals surface area contributed by atoms with Gasteiger partial charge < -0.3 is 4.90 Å². The molecule has 1 aromatic carbocycles. The molecule has 0 atom stereocenters. The topological polar surface area (TPSA) is 20.3 Å². The molecule has 1 saturated heterocycles. The van der Waals surface area contributed by atoms with Gasteiger partial charge in [-0.3, -0.25) is 4.79 Å². The summed E-state index contributed by atoms with van der Waals surface area (Å²) < 4.78 is 13.5. The van der Waals surface area contributed by atoms with Crippen molar-refractivity contribution in [2.24, 2.45) is 5.92 Å². The van der Waals surface area contributed by atoms with E-state index in [9.17, 15) is 9.18 Å². The maximum absolute atomic E-state index is 13.0. The molecule has 0 N–H and O–H groups in total. The summed E-state index contributed by atoms with van der Waals surface area (Å²) in [6, 6.07) is 4.49. The van der Waals surface area contributed by atoms with E-state index in [4.69, 9.17) is 0 Å². The lowest BCUT2D eigenvalue weighted by molar-refractivity contribution is 0.0530. The summed E-state index contributed by atoms with van der Waals surface area (Å²) in [6.07, 6.45) is 0. The minimum absolute atomic E-state index is 0.00557. The molecule has 4 heteroatoms. The van der Waals surface area contributed by atoms with E-state index in [1.54, 1.807) is 17.0 Å². The fourth-order valence-corrected chi connectivity index (χ4v) is 2.19. The third kappa shape index (κ3) is 2.14. The van der Waals surface area contributed by atoms with Gasteiger partial charge in [-0.05, 0) is 46.7 Å². The molecule has 0 aliphatic carbocycles. The third-order valence-corrected chi connectivity index (χ3v) is 3.34. The Balaban J connectivity index is 2.16. The highest BCUT2D eigenvalue weighted by molar-refractivity contribution is 14.1. The Kier molecular flexibility index (Phi) is 2.95. The van der Waals surface area contributed by atoms with Crippen LogP contribution >= 0.6 is 22.6 Å². The van der Waals surface area contributed by atoms with Crippen LogP contribution in [-0.4, -0.2) is 23.9 Å². The van der Waals surface area contributed by atoms with Gasteiger partial charge in [0.1, 0.15) is 5.82 Å². The second kappa shape index (κ2) is 4.08. The van der Waals surface area contributed by atoms with E-state index in [1.165, 1.54) is 6.07 Å². The zero-order valence-corrected chi connectivity index (χ0v) is 10.5. The highest BCUT2D eigenvalue weighted by Crippen LogP contribution is 2.20. The van der Waals surface area contributed by atoms with Crippen LogP contribution in [0.1, 0.15) is 17.3 Å². The van der Waals surface area contributed by atoms with Crippen LogP contribution in [0, 0.1) is 15.3 Å². The zero-order chi connectivity index (χ0) is 11.0. The van der Waals surface area contributed by atoms with Gasteiger partial charge in [-0.25, -0.2) is 4.39 Å². The van der Waals surface area contributed by atoms with Crippen LogP contribution in [-0.2, 0) is 0 Å². The number of benzene rings is 1. The SMILES string of the molecule is CC1CN(C(=O)c2ccc(F)c(I)c2)C1. The van der Waals surface area contributed by atoms with Crippen molar-refractivity contribution in [3.63, 3.8) is 0 Å². The molecular weight excluding hydrogens is 308 g/mol. The Bertz CT molecular complexity index is 402. The van der Waals surface area contributed by atoms with Crippen LogP contribution in [0.2, 0.25) is 0 Å². The summed E-state index contributed by atoms with van der Waals surface area (Å²) in [5, 5.41) is 0. The van der Waals surface area contributed by atoms with Gasteiger partial charge in [-0.2, -0.15) is 0 Å². The zero-order valence-electron chi connectivity index (χ0n) is 8.34. The summed E-state index contributed by atoms with van der Waals surface area (Å²) in [5.41, 5.74) is 0.577. The number of likely N-dealkylation sites (tertiary alicyclic amines) is 1. The Hall–Kier alpha value is -0.650. The van der Waals surface area contributed by atoms with Crippen molar-refractivity contribution in [1.82, 2.24) is 4.90 Å². The van der Waals surface area contributed by atoms with Crippen LogP contribution in [0.5, 0.6) is 0 Å². The number of hydrogen-bond donors (Lipinski definition) is 0. The smallest absolute Gasteiger partial charge is 0.253 e. The number of rotatable bonds is 1. The summed E-state index contributed by atoms with van der Waals surface area (Å²) in [7, 11) is 0. The van der Waals surface area contributed by atoms with Gasteiger partial charge in [0.2, 0.25) is 0 Å². The summed E-state index contributed by atoms with van der Waals surface area (Å²) >= 11 is 1.90. The fourth-order valence-electron chi connectivity index (χ4n) is 1.68. The highest BCUT2D eigenvalue weighted by atomic mass is 127. The molecule has 0 unspecified atom stereocenters. The second-order valence-corrected chi connectivity index (χ2v) is 5.11. The highest BCUT2D eigenvalue weighted by Gasteiger charge is 2.27. The number of halogens is 2. The van der Waals surface area contributed by atoms with Crippen molar-refractivity contribution < 1.29 is 9.18 Å². The average Bonchev–Trinajstić information content (AvgIpc) is 2.16. The lowest BCUT2D eigenvalue weighted by Crippen LogP contribution is -2.48.